The Morgan fingerprint density at radius 3 is 2.50 bits per heavy atom. The van der Waals surface area contributed by atoms with E-state index in [1.54, 1.807) is 0 Å². The summed E-state index contributed by atoms with van der Waals surface area (Å²) in [4.78, 5) is 21.7. The molecule has 0 aromatic heterocycles. The monoisotopic (exact) mass is 240 g/mol. The fourth-order valence-electron chi connectivity index (χ4n) is 1.07. The summed E-state index contributed by atoms with van der Waals surface area (Å²) < 4.78 is 5.14. The summed E-state index contributed by atoms with van der Waals surface area (Å²) in [6.07, 6.45) is 1.51. The number of carbonyl (C=O) groups is 2. The molecule has 0 aliphatic heterocycles. The smallest absolute Gasteiger partial charge is 0.335 e. The maximum atomic E-state index is 10.9. The molecule has 0 saturated heterocycles. The highest BCUT2D eigenvalue weighted by Crippen LogP contribution is 2.19. The number of carboxylic acid groups (broad SMARTS) is 1. The summed E-state index contributed by atoms with van der Waals surface area (Å²) in [7, 11) is 0. The van der Waals surface area contributed by atoms with E-state index < -0.39 is 11.2 Å². The molecule has 0 unspecified atom stereocenters. The van der Waals surface area contributed by atoms with E-state index in [0.717, 1.165) is 0 Å². The third-order valence-corrected chi connectivity index (χ3v) is 1.97. The lowest BCUT2D eigenvalue weighted by molar-refractivity contribution is 0.0696. The second kappa shape index (κ2) is 5.32. The number of benzene rings is 1. The Morgan fingerprint density at radius 1 is 1.38 bits per heavy atom. The van der Waals surface area contributed by atoms with Crippen molar-refractivity contribution in [2.75, 3.05) is 6.61 Å². The zero-order valence-corrected chi connectivity index (χ0v) is 9.03. The van der Waals surface area contributed by atoms with E-state index in [4.69, 9.17) is 21.4 Å². The Kier molecular flexibility index (Phi) is 4.08. The van der Waals surface area contributed by atoms with Crippen molar-refractivity contribution in [2.24, 2.45) is 0 Å². The summed E-state index contributed by atoms with van der Waals surface area (Å²) in [6.45, 7) is 3.68. The van der Waals surface area contributed by atoms with Gasteiger partial charge in [0.15, 0.2) is 0 Å². The number of ether oxygens (including phenoxy) is 1. The van der Waals surface area contributed by atoms with Crippen molar-refractivity contribution < 1.29 is 19.4 Å². The lowest BCUT2D eigenvalue weighted by atomic mass is 10.1. The van der Waals surface area contributed by atoms with Crippen LogP contribution in [-0.4, -0.2) is 22.9 Å². The van der Waals surface area contributed by atoms with Crippen molar-refractivity contribution in [3.8, 4) is 5.75 Å². The standard InChI is InChI=1S/C11H9ClO4/c1-2-3-16-9-5-7(10(12)13)4-8(6-9)11(14)15/h2,4-6H,1,3H2,(H,14,15). The van der Waals surface area contributed by atoms with Gasteiger partial charge < -0.3 is 9.84 Å². The quantitative estimate of drug-likeness (QED) is 0.634. The van der Waals surface area contributed by atoms with Crippen LogP contribution in [0, 0.1) is 0 Å². The molecule has 0 heterocycles. The fraction of sp³-hybridized carbons (Fsp3) is 0.0909. The molecule has 0 saturated carbocycles. The van der Waals surface area contributed by atoms with Crippen LogP contribution in [0.3, 0.4) is 0 Å². The SMILES string of the molecule is C=CCOc1cc(C(=O)O)cc(C(=O)Cl)c1. The molecule has 1 aromatic rings. The molecule has 0 bridgehead atoms. The minimum atomic E-state index is -1.15. The number of aromatic carboxylic acids is 1. The molecule has 0 atom stereocenters. The average molecular weight is 241 g/mol. The van der Waals surface area contributed by atoms with E-state index in [1.807, 2.05) is 0 Å². The van der Waals surface area contributed by atoms with Crippen molar-refractivity contribution in [2.45, 2.75) is 0 Å². The van der Waals surface area contributed by atoms with Gasteiger partial charge in [0.05, 0.1) is 5.56 Å². The lowest BCUT2D eigenvalue weighted by Crippen LogP contribution is -2.02. The third kappa shape index (κ3) is 3.10. The zero-order valence-electron chi connectivity index (χ0n) is 8.27. The van der Waals surface area contributed by atoms with Gasteiger partial charge in [-0.25, -0.2) is 4.79 Å². The van der Waals surface area contributed by atoms with Crippen molar-refractivity contribution in [1.29, 1.82) is 0 Å². The van der Waals surface area contributed by atoms with Gasteiger partial charge in [-0.15, -0.1) is 0 Å². The first-order valence-electron chi connectivity index (χ1n) is 4.36. The topological polar surface area (TPSA) is 63.6 Å². The molecular formula is C11H9ClO4. The maximum Gasteiger partial charge on any atom is 0.335 e. The maximum absolute atomic E-state index is 10.9. The Hall–Kier alpha value is -1.81. The van der Waals surface area contributed by atoms with Gasteiger partial charge in [0.25, 0.3) is 5.24 Å². The minimum absolute atomic E-state index is 0.0504. The van der Waals surface area contributed by atoms with Crippen LogP contribution in [0.2, 0.25) is 0 Å². The number of hydrogen-bond donors (Lipinski definition) is 1. The van der Waals surface area contributed by atoms with Crippen LogP contribution in [0.4, 0.5) is 0 Å². The lowest BCUT2D eigenvalue weighted by Gasteiger charge is -2.06. The molecule has 0 amide bonds. The second-order valence-corrected chi connectivity index (χ2v) is 3.27. The third-order valence-electron chi connectivity index (χ3n) is 1.75. The summed E-state index contributed by atoms with van der Waals surface area (Å²) >= 11 is 5.28. The zero-order chi connectivity index (χ0) is 12.1. The molecule has 1 rings (SSSR count). The number of carbonyl (C=O) groups excluding carboxylic acids is 1. The van der Waals surface area contributed by atoms with Gasteiger partial charge in [-0.3, -0.25) is 4.79 Å². The van der Waals surface area contributed by atoms with E-state index in [2.05, 4.69) is 6.58 Å². The molecule has 0 aliphatic carbocycles. The van der Waals surface area contributed by atoms with Gasteiger partial charge in [-0.05, 0) is 29.8 Å². The summed E-state index contributed by atoms with van der Waals surface area (Å²) in [5, 5.41) is 8.08. The molecule has 16 heavy (non-hydrogen) atoms. The molecule has 1 aromatic carbocycles. The number of halogens is 1. The Bertz CT molecular complexity index is 407. The molecule has 4 nitrogen and oxygen atoms in total. The normalized spacial score (nSPS) is 9.56. The fourth-order valence-corrected chi connectivity index (χ4v) is 1.18. The van der Waals surface area contributed by atoms with Crippen molar-refractivity contribution in [3.05, 3.63) is 42.0 Å². The molecule has 5 heteroatoms. The van der Waals surface area contributed by atoms with Crippen LogP contribution >= 0.6 is 11.6 Å². The summed E-state index contributed by atoms with van der Waals surface area (Å²) in [5.41, 5.74) is 0.0335. The van der Waals surface area contributed by atoms with Gasteiger partial charge in [0.1, 0.15) is 12.4 Å². The molecule has 84 valence electrons. The van der Waals surface area contributed by atoms with Crippen molar-refractivity contribution >= 4 is 22.8 Å². The number of hydrogen-bond acceptors (Lipinski definition) is 3. The first-order valence-corrected chi connectivity index (χ1v) is 4.74. The van der Waals surface area contributed by atoms with Gasteiger partial charge in [-0.2, -0.15) is 0 Å². The molecule has 0 fully saturated rings. The van der Waals surface area contributed by atoms with Gasteiger partial charge in [-0.1, -0.05) is 12.7 Å². The average Bonchev–Trinajstić information content (AvgIpc) is 2.25. The molecule has 0 radical (unpaired) electrons. The van der Waals surface area contributed by atoms with Crippen LogP contribution in [0.15, 0.2) is 30.9 Å². The summed E-state index contributed by atoms with van der Waals surface area (Å²) in [5.74, 6) is -0.882. The van der Waals surface area contributed by atoms with E-state index in [-0.39, 0.29) is 23.5 Å². The predicted octanol–water partition coefficient (Wildman–Crippen LogP) is 2.33. The highest BCUT2D eigenvalue weighted by molar-refractivity contribution is 6.67. The Labute approximate surface area is 97.1 Å². The predicted molar refractivity (Wildman–Crippen MR) is 59.3 cm³/mol. The molecular weight excluding hydrogens is 232 g/mol. The van der Waals surface area contributed by atoms with Crippen LogP contribution < -0.4 is 4.74 Å². The molecule has 0 aliphatic rings. The minimum Gasteiger partial charge on any atom is -0.490 e. The highest BCUT2D eigenvalue weighted by atomic mass is 35.5. The molecule has 0 spiro atoms. The molecule has 1 N–H and O–H groups in total. The number of carboxylic acids is 1. The number of rotatable bonds is 5. The van der Waals surface area contributed by atoms with Gasteiger partial charge in [0, 0.05) is 5.56 Å². The van der Waals surface area contributed by atoms with Crippen molar-refractivity contribution in [1.82, 2.24) is 0 Å². The Balaban J connectivity index is 3.13. The highest BCUT2D eigenvalue weighted by Gasteiger charge is 2.11. The van der Waals surface area contributed by atoms with Crippen LogP contribution in [0.1, 0.15) is 20.7 Å². The van der Waals surface area contributed by atoms with Gasteiger partial charge in [0.2, 0.25) is 0 Å². The first kappa shape index (κ1) is 12.3. The van der Waals surface area contributed by atoms with E-state index in [9.17, 15) is 9.59 Å². The largest absolute Gasteiger partial charge is 0.490 e. The van der Waals surface area contributed by atoms with Crippen LogP contribution in [0.5, 0.6) is 5.75 Å². The summed E-state index contributed by atoms with van der Waals surface area (Å²) in [6, 6.07) is 3.89. The van der Waals surface area contributed by atoms with E-state index in [1.165, 1.54) is 24.3 Å². The second-order valence-electron chi connectivity index (χ2n) is 2.92. The Morgan fingerprint density at radius 2 is 2.00 bits per heavy atom. The van der Waals surface area contributed by atoms with Gasteiger partial charge >= 0.3 is 5.97 Å². The van der Waals surface area contributed by atoms with Crippen LogP contribution in [0.25, 0.3) is 0 Å². The van der Waals surface area contributed by atoms with E-state index in [0.29, 0.717) is 0 Å². The van der Waals surface area contributed by atoms with Crippen molar-refractivity contribution in [3.63, 3.8) is 0 Å². The first-order chi connectivity index (χ1) is 7.54. The van der Waals surface area contributed by atoms with Crippen LogP contribution in [-0.2, 0) is 0 Å². The van der Waals surface area contributed by atoms with E-state index >= 15 is 0 Å².